The molecule has 0 amide bonds. The van der Waals surface area contributed by atoms with E-state index in [9.17, 15) is 9.90 Å². The Hall–Kier alpha value is -3.61. The van der Waals surface area contributed by atoms with Crippen molar-refractivity contribution < 1.29 is 14.6 Å². The molecule has 0 unspecified atom stereocenters. The van der Waals surface area contributed by atoms with E-state index in [2.05, 4.69) is 4.98 Å². The molecule has 3 aromatic rings. The van der Waals surface area contributed by atoms with Crippen LogP contribution in [0.5, 0.6) is 0 Å². The Morgan fingerprint density at radius 2 is 1.90 bits per heavy atom. The van der Waals surface area contributed by atoms with Crippen LogP contribution in [0.25, 0.3) is 16.6 Å². The number of amidine groups is 1. The normalized spacial score (nSPS) is 14.2. The molecule has 0 saturated heterocycles. The van der Waals surface area contributed by atoms with Gasteiger partial charge in [-0.25, -0.2) is 9.78 Å². The highest BCUT2D eigenvalue weighted by Crippen LogP contribution is 2.30. The molecule has 7 heteroatoms. The summed E-state index contributed by atoms with van der Waals surface area (Å²) in [7, 11) is 0. The zero-order valence-corrected chi connectivity index (χ0v) is 17.9. The fourth-order valence-electron chi connectivity index (χ4n) is 3.84. The molecule has 0 atom stereocenters. The predicted molar refractivity (Wildman–Crippen MR) is 120 cm³/mol. The Morgan fingerprint density at radius 1 is 1.19 bits per heavy atom. The summed E-state index contributed by atoms with van der Waals surface area (Å²) in [6.07, 6.45) is -0.169. The molecule has 2 heterocycles. The minimum atomic E-state index is -0.351. The number of aryl methyl sites for hydroxylation is 1. The number of ether oxygens (including phenoxy) is 1. The van der Waals surface area contributed by atoms with Gasteiger partial charge in [0.25, 0.3) is 0 Å². The van der Waals surface area contributed by atoms with Crippen LogP contribution in [0.2, 0.25) is 0 Å². The maximum absolute atomic E-state index is 12.0. The first-order chi connectivity index (χ1) is 14.9. The molecular weight excluding hydrogens is 392 g/mol. The van der Waals surface area contributed by atoms with Gasteiger partial charge < -0.3 is 19.3 Å². The minimum Gasteiger partial charge on any atom is -0.510 e. The van der Waals surface area contributed by atoms with Crippen LogP contribution in [0.3, 0.4) is 0 Å². The van der Waals surface area contributed by atoms with Crippen molar-refractivity contribution in [1.29, 1.82) is 5.41 Å². The number of nitrogens with zero attached hydrogens (tertiary/aromatic N) is 3. The van der Waals surface area contributed by atoms with E-state index in [-0.39, 0.29) is 30.2 Å². The van der Waals surface area contributed by atoms with Gasteiger partial charge in [-0.3, -0.25) is 5.41 Å². The Bertz CT molecular complexity index is 1180. The van der Waals surface area contributed by atoms with Gasteiger partial charge in [0.15, 0.2) is 0 Å². The number of hydrogen-bond acceptors (Lipinski definition) is 5. The first kappa shape index (κ1) is 20.7. The van der Waals surface area contributed by atoms with Crippen molar-refractivity contribution in [1.82, 2.24) is 14.5 Å². The SMILES string of the molecule is CCn1c(C2=C(O)CN(Cc3ccc(C(=O)OC(C)C)cc3)C2=N)nc2ccccc21. The van der Waals surface area contributed by atoms with Crippen molar-refractivity contribution in [2.24, 2.45) is 0 Å². The van der Waals surface area contributed by atoms with E-state index in [1.165, 1.54) is 0 Å². The summed E-state index contributed by atoms with van der Waals surface area (Å²) in [5, 5.41) is 19.4. The topological polar surface area (TPSA) is 91.4 Å². The number of aliphatic hydroxyl groups is 1. The summed E-state index contributed by atoms with van der Waals surface area (Å²) >= 11 is 0. The van der Waals surface area contributed by atoms with Crippen LogP contribution in [0.4, 0.5) is 0 Å². The first-order valence-electron chi connectivity index (χ1n) is 10.4. The largest absolute Gasteiger partial charge is 0.510 e. The van der Waals surface area contributed by atoms with Gasteiger partial charge in [-0.2, -0.15) is 0 Å². The Morgan fingerprint density at radius 3 is 2.58 bits per heavy atom. The highest BCUT2D eigenvalue weighted by Gasteiger charge is 2.31. The highest BCUT2D eigenvalue weighted by molar-refractivity contribution is 6.23. The maximum atomic E-state index is 12.0. The number of para-hydroxylation sites is 2. The quantitative estimate of drug-likeness (QED) is 0.580. The molecule has 7 nitrogen and oxygen atoms in total. The molecule has 0 aliphatic carbocycles. The van der Waals surface area contributed by atoms with E-state index < -0.39 is 0 Å². The first-order valence-corrected chi connectivity index (χ1v) is 10.4. The lowest BCUT2D eigenvalue weighted by Gasteiger charge is -2.19. The van der Waals surface area contributed by atoms with Crippen LogP contribution in [0.1, 0.15) is 42.5 Å². The van der Waals surface area contributed by atoms with Crippen molar-refractivity contribution >= 4 is 28.4 Å². The summed E-state index contributed by atoms with van der Waals surface area (Å²) in [5.74, 6) is 0.647. The monoisotopic (exact) mass is 418 g/mol. The number of nitrogens with one attached hydrogen (secondary N) is 1. The van der Waals surface area contributed by atoms with Gasteiger partial charge in [-0.05, 0) is 50.6 Å². The number of esters is 1. The second-order valence-electron chi connectivity index (χ2n) is 7.85. The van der Waals surface area contributed by atoms with Gasteiger partial charge in [0.1, 0.15) is 17.4 Å². The van der Waals surface area contributed by atoms with E-state index in [4.69, 9.17) is 10.1 Å². The van der Waals surface area contributed by atoms with Crippen molar-refractivity contribution in [3.8, 4) is 0 Å². The zero-order chi connectivity index (χ0) is 22.1. The third-order valence-corrected chi connectivity index (χ3v) is 5.28. The van der Waals surface area contributed by atoms with Crippen LogP contribution in [-0.2, 0) is 17.8 Å². The van der Waals surface area contributed by atoms with Gasteiger partial charge in [0.2, 0.25) is 0 Å². The molecule has 160 valence electrons. The molecule has 0 saturated carbocycles. The number of benzene rings is 2. The lowest BCUT2D eigenvalue weighted by atomic mass is 10.1. The van der Waals surface area contributed by atoms with Gasteiger partial charge in [-0.15, -0.1) is 0 Å². The predicted octanol–water partition coefficient (Wildman–Crippen LogP) is 4.38. The van der Waals surface area contributed by atoms with E-state index in [1.807, 2.05) is 61.7 Å². The molecule has 2 aromatic carbocycles. The molecule has 0 radical (unpaired) electrons. The molecule has 1 aliphatic rings. The van der Waals surface area contributed by atoms with Gasteiger partial charge >= 0.3 is 5.97 Å². The lowest BCUT2D eigenvalue weighted by Crippen LogP contribution is -2.26. The van der Waals surface area contributed by atoms with Crippen molar-refractivity contribution in [2.45, 2.75) is 40.0 Å². The van der Waals surface area contributed by atoms with E-state index >= 15 is 0 Å². The molecule has 0 spiro atoms. The fraction of sp³-hybridized carbons (Fsp3) is 0.292. The summed E-state index contributed by atoms with van der Waals surface area (Å²) in [4.78, 5) is 18.5. The Balaban J connectivity index is 1.54. The highest BCUT2D eigenvalue weighted by atomic mass is 16.5. The summed E-state index contributed by atoms with van der Waals surface area (Å²) < 4.78 is 7.24. The van der Waals surface area contributed by atoms with Crippen molar-refractivity contribution in [3.05, 3.63) is 71.2 Å². The molecule has 1 aromatic heterocycles. The second kappa shape index (κ2) is 8.26. The summed E-state index contributed by atoms with van der Waals surface area (Å²) in [6, 6.07) is 15.0. The number of fused-ring (bicyclic) bond motifs is 1. The van der Waals surface area contributed by atoms with Crippen LogP contribution < -0.4 is 0 Å². The minimum absolute atomic E-state index is 0.145. The smallest absolute Gasteiger partial charge is 0.338 e. The average Bonchev–Trinajstić information content (AvgIpc) is 3.24. The summed E-state index contributed by atoms with van der Waals surface area (Å²) in [5.41, 5.74) is 3.72. The number of aliphatic hydroxyl groups excluding tert-OH is 1. The number of imidazole rings is 1. The van der Waals surface area contributed by atoms with E-state index in [0.717, 1.165) is 16.6 Å². The second-order valence-corrected chi connectivity index (χ2v) is 7.85. The number of rotatable bonds is 6. The average molecular weight is 418 g/mol. The van der Waals surface area contributed by atoms with Crippen molar-refractivity contribution in [3.63, 3.8) is 0 Å². The molecule has 0 bridgehead atoms. The maximum Gasteiger partial charge on any atom is 0.338 e. The molecular formula is C24H26N4O3. The third kappa shape index (κ3) is 3.91. The number of hydrogen-bond donors (Lipinski definition) is 2. The van der Waals surface area contributed by atoms with Crippen LogP contribution in [0.15, 0.2) is 54.3 Å². The van der Waals surface area contributed by atoms with E-state index in [1.54, 1.807) is 17.0 Å². The molecule has 2 N–H and O–H groups in total. The van der Waals surface area contributed by atoms with Crippen LogP contribution in [0, 0.1) is 5.41 Å². The molecule has 4 rings (SSSR count). The Labute approximate surface area is 181 Å². The molecule has 1 aliphatic heterocycles. The van der Waals surface area contributed by atoms with Crippen LogP contribution in [-0.4, -0.2) is 44.0 Å². The number of aromatic nitrogens is 2. The van der Waals surface area contributed by atoms with Crippen molar-refractivity contribution in [2.75, 3.05) is 6.54 Å². The third-order valence-electron chi connectivity index (χ3n) is 5.28. The summed E-state index contributed by atoms with van der Waals surface area (Å²) in [6.45, 7) is 7.03. The van der Waals surface area contributed by atoms with Crippen LogP contribution >= 0.6 is 0 Å². The number of carbonyl (C=O) groups is 1. The lowest BCUT2D eigenvalue weighted by molar-refractivity contribution is 0.0378. The number of carbonyl (C=O) groups excluding carboxylic acids is 1. The standard InChI is InChI=1S/C24H26N4O3/c1-4-28-19-8-6-5-7-18(19)26-23(28)21-20(29)14-27(22(21)25)13-16-9-11-17(12-10-16)24(30)31-15(2)3/h5-12,15,25,29H,4,13-14H2,1-3H3. The van der Waals surface area contributed by atoms with Gasteiger partial charge in [0.05, 0.1) is 34.8 Å². The Kier molecular flexibility index (Phi) is 5.50. The van der Waals surface area contributed by atoms with Gasteiger partial charge in [-0.1, -0.05) is 24.3 Å². The molecule has 31 heavy (non-hydrogen) atoms. The van der Waals surface area contributed by atoms with Gasteiger partial charge in [0, 0.05) is 13.1 Å². The zero-order valence-electron chi connectivity index (χ0n) is 17.9. The fourth-order valence-corrected chi connectivity index (χ4v) is 3.84. The van der Waals surface area contributed by atoms with E-state index in [0.29, 0.717) is 30.1 Å². The molecule has 0 fully saturated rings.